The Morgan fingerprint density at radius 2 is 2.00 bits per heavy atom. The number of hydrogen-bond acceptors (Lipinski definition) is 0. The van der Waals surface area contributed by atoms with Gasteiger partial charge in [-0.15, -0.1) is 0 Å². The van der Waals surface area contributed by atoms with Gasteiger partial charge in [0.25, 0.3) is 0 Å². The molecule has 0 radical (unpaired) electrons. The molecule has 0 saturated carbocycles. The zero-order valence-electron chi connectivity index (χ0n) is 7.78. The highest BCUT2D eigenvalue weighted by Crippen LogP contribution is 2.22. The maximum absolute atomic E-state index is 2.37. The van der Waals surface area contributed by atoms with Crippen molar-refractivity contribution in [3.63, 3.8) is 0 Å². The van der Waals surface area contributed by atoms with Crippen molar-refractivity contribution in [3.05, 3.63) is 11.6 Å². The second-order valence-corrected chi connectivity index (χ2v) is 2.78. The molecule has 0 amide bonds. The summed E-state index contributed by atoms with van der Waals surface area (Å²) < 4.78 is 0. The molecule has 0 heteroatoms. The molecule has 10 heavy (non-hydrogen) atoms. The van der Waals surface area contributed by atoms with E-state index >= 15 is 0 Å². The van der Waals surface area contributed by atoms with Crippen molar-refractivity contribution in [1.82, 2.24) is 0 Å². The van der Waals surface area contributed by atoms with Crippen LogP contribution in [0.1, 0.15) is 47.0 Å². The lowest BCUT2D eigenvalue weighted by molar-refractivity contribution is 0.552. The molecule has 1 aliphatic rings. The highest BCUT2D eigenvalue weighted by atomic mass is 14.1. The Bertz CT molecular complexity index is 101. The van der Waals surface area contributed by atoms with Gasteiger partial charge in [-0.2, -0.15) is 0 Å². The largest absolute Gasteiger partial charge is 0.0853 e. The monoisotopic (exact) mass is 140 g/mol. The third kappa shape index (κ3) is 3.05. The molecule has 0 nitrogen and oxygen atoms in total. The number of rotatable bonds is 0. The third-order valence-corrected chi connectivity index (χ3v) is 2.08. The highest BCUT2D eigenvalue weighted by molar-refractivity contribution is 5.04. The van der Waals surface area contributed by atoms with Crippen LogP contribution in [0.25, 0.3) is 0 Å². The average Bonchev–Trinajstić information content (AvgIpc) is 2.00. The summed E-state index contributed by atoms with van der Waals surface area (Å²) in [6, 6.07) is 0. The Balaban J connectivity index is 0.000000371. The van der Waals surface area contributed by atoms with Crippen molar-refractivity contribution in [2.75, 3.05) is 0 Å². The molecule has 0 aromatic rings. The van der Waals surface area contributed by atoms with E-state index in [9.17, 15) is 0 Å². The average molecular weight is 140 g/mol. The lowest BCUT2D eigenvalue weighted by atomic mass is 9.91. The topological polar surface area (TPSA) is 0 Å². The predicted molar refractivity (Wildman–Crippen MR) is 48.1 cm³/mol. The van der Waals surface area contributed by atoms with Gasteiger partial charge in [0.05, 0.1) is 0 Å². The van der Waals surface area contributed by atoms with Gasteiger partial charge in [-0.25, -0.2) is 0 Å². The standard InChI is InChI=1S/C8H14.C2H6/c1-7-5-3-4-6-8(7)2;1-2/h5,8H,3-4,6H2,1-2H3;1-2H3. The molecular weight excluding hydrogens is 120 g/mol. The second-order valence-electron chi connectivity index (χ2n) is 2.78. The fourth-order valence-electron chi connectivity index (χ4n) is 1.18. The van der Waals surface area contributed by atoms with Crippen LogP contribution in [0.4, 0.5) is 0 Å². The van der Waals surface area contributed by atoms with Gasteiger partial charge in [0, 0.05) is 0 Å². The third-order valence-electron chi connectivity index (χ3n) is 2.08. The molecule has 0 fully saturated rings. The zero-order chi connectivity index (χ0) is 7.98. The van der Waals surface area contributed by atoms with Gasteiger partial charge in [0.15, 0.2) is 0 Å². The summed E-state index contributed by atoms with van der Waals surface area (Å²) in [5, 5.41) is 0. The first-order valence-electron chi connectivity index (χ1n) is 4.47. The molecule has 0 saturated heterocycles. The molecule has 1 atom stereocenters. The Hall–Kier alpha value is -0.260. The minimum atomic E-state index is 0.865. The van der Waals surface area contributed by atoms with Crippen molar-refractivity contribution in [1.29, 1.82) is 0 Å². The van der Waals surface area contributed by atoms with E-state index in [2.05, 4.69) is 19.9 Å². The molecule has 0 N–H and O–H groups in total. The van der Waals surface area contributed by atoms with Gasteiger partial charge in [-0.3, -0.25) is 0 Å². The summed E-state index contributed by atoms with van der Waals surface area (Å²) in [6.07, 6.45) is 6.49. The van der Waals surface area contributed by atoms with Crippen molar-refractivity contribution in [3.8, 4) is 0 Å². The van der Waals surface area contributed by atoms with E-state index in [-0.39, 0.29) is 0 Å². The molecule has 1 aliphatic carbocycles. The Kier molecular flexibility index (Phi) is 5.38. The van der Waals surface area contributed by atoms with Crippen LogP contribution in [0.2, 0.25) is 0 Å². The summed E-state index contributed by atoms with van der Waals surface area (Å²) in [6.45, 7) is 8.55. The maximum Gasteiger partial charge on any atom is -0.0234 e. The molecule has 0 heterocycles. The van der Waals surface area contributed by atoms with Crippen LogP contribution in [0.5, 0.6) is 0 Å². The minimum Gasteiger partial charge on any atom is -0.0853 e. The van der Waals surface area contributed by atoms with Crippen LogP contribution in [0, 0.1) is 5.92 Å². The highest BCUT2D eigenvalue weighted by Gasteiger charge is 2.06. The van der Waals surface area contributed by atoms with Gasteiger partial charge < -0.3 is 0 Å². The summed E-state index contributed by atoms with van der Waals surface area (Å²) in [5.41, 5.74) is 1.59. The normalized spacial score (nSPS) is 24.4. The molecule has 0 bridgehead atoms. The lowest BCUT2D eigenvalue weighted by Gasteiger charge is -2.15. The Morgan fingerprint density at radius 3 is 2.30 bits per heavy atom. The van der Waals surface area contributed by atoms with Gasteiger partial charge in [-0.05, 0) is 32.1 Å². The summed E-state index contributed by atoms with van der Waals surface area (Å²) in [7, 11) is 0. The van der Waals surface area contributed by atoms with Crippen molar-refractivity contribution < 1.29 is 0 Å². The summed E-state index contributed by atoms with van der Waals surface area (Å²) in [4.78, 5) is 0. The molecule has 0 aliphatic heterocycles. The smallest absolute Gasteiger partial charge is 0.0234 e. The molecule has 60 valence electrons. The van der Waals surface area contributed by atoms with Crippen molar-refractivity contribution >= 4 is 0 Å². The first-order valence-corrected chi connectivity index (χ1v) is 4.47. The molecule has 1 rings (SSSR count). The first-order chi connectivity index (χ1) is 4.80. The van der Waals surface area contributed by atoms with E-state index in [0.29, 0.717) is 0 Å². The van der Waals surface area contributed by atoms with Gasteiger partial charge in [0.1, 0.15) is 0 Å². The SMILES string of the molecule is CC.CC1=CCCCC1C. The number of allylic oxidation sites excluding steroid dienone is 2. The molecule has 0 aromatic carbocycles. The first kappa shape index (κ1) is 9.74. The molecule has 0 aromatic heterocycles. The maximum atomic E-state index is 2.37. The predicted octanol–water partition coefficient (Wildman–Crippen LogP) is 3.78. The van der Waals surface area contributed by atoms with E-state index in [1.54, 1.807) is 5.57 Å². The van der Waals surface area contributed by atoms with Gasteiger partial charge >= 0.3 is 0 Å². The second kappa shape index (κ2) is 5.52. The van der Waals surface area contributed by atoms with Crippen LogP contribution in [0.15, 0.2) is 11.6 Å². The van der Waals surface area contributed by atoms with Crippen LogP contribution in [-0.2, 0) is 0 Å². The van der Waals surface area contributed by atoms with E-state index in [0.717, 1.165) is 5.92 Å². The van der Waals surface area contributed by atoms with E-state index in [4.69, 9.17) is 0 Å². The summed E-state index contributed by atoms with van der Waals surface area (Å²) in [5.74, 6) is 0.865. The van der Waals surface area contributed by atoms with Gasteiger partial charge in [0.2, 0.25) is 0 Å². The fraction of sp³-hybridized carbons (Fsp3) is 0.800. The quantitative estimate of drug-likeness (QED) is 0.449. The van der Waals surface area contributed by atoms with Crippen molar-refractivity contribution in [2.45, 2.75) is 47.0 Å². The summed E-state index contributed by atoms with van der Waals surface area (Å²) >= 11 is 0. The van der Waals surface area contributed by atoms with Crippen LogP contribution >= 0.6 is 0 Å². The lowest BCUT2D eigenvalue weighted by Crippen LogP contribution is -2.00. The van der Waals surface area contributed by atoms with Crippen LogP contribution in [0.3, 0.4) is 0 Å². The fourth-order valence-corrected chi connectivity index (χ4v) is 1.18. The van der Waals surface area contributed by atoms with E-state index < -0.39 is 0 Å². The minimum absolute atomic E-state index is 0.865. The van der Waals surface area contributed by atoms with Crippen molar-refractivity contribution in [2.24, 2.45) is 5.92 Å². The molecule has 0 spiro atoms. The van der Waals surface area contributed by atoms with Gasteiger partial charge in [-0.1, -0.05) is 32.4 Å². The van der Waals surface area contributed by atoms with Crippen LogP contribution < -0.4 is 0 Å². The van der Waals surface area contributed by atoms with E-state index in [1.165, 1.54) is 19.3 Å². The zero-order valence-corrected chi connectivity index (χ0v) is 7.78. The molecular formula is C10H20. The Morgan fingerprint density at radius 1 is 1.40 bits per heavy atom. The van der Waals surface area contributed by atoms with E-state index in [1.807, 2.05) is 13.8 Å². The van der Waals surface area contributed by atoms with Crippen LogP contribution in [-0.4, -0.2) is 0 Å². The molecule has 1 unspecified atom stereocenters. The Labute approximate surface area is 65.3 Å². The number of hydrogen-bond donors (Lipinski definition) is 0.